The molecule has 1 saturated heterocycles. The number of thioether (sulfide) groups is 1. The lowest BCUT2D eigenvalue weighted by Gasteiger charge is -2.15. The van der Waals surface area contributed by atoms with E-state index < -0.39 is 5.82 Å². The van der Waals surface area contributed by atoms with E-state index in [0.29, 0.717) is 44.7 Å². The summed E-state index contributed by atoms with van der Waals surface area (Å²) in [7, 11) is 0. The zero-order valence-corrected chi connectivity index (χ0v) is 21.9. The molecule has 0 atom stereocenters. The van der Waals surface area contributed by atoms with Crippen LogP contribution in [0.2, 0.25) is 5.02 Å². The van der Waals surface area contributed by atoms with Crippen molar-refractivity contribution in [1.82, 2.24) is 0 Å². The third-order valence-electron chi connectivity index (χ3n) is 4.81. The normalized spacial score (nSPS) is 14.7. The van der Waals surface area contributed by atoms with Crippen molar-refractivity contribution in [3.8, 4) is 11.5 Å². The maximum atomic E-state index is 14.3. The van der Waals surface area contributed by atoms with Gasteiger partial charge in [-0.15, -0.1) is 0 Å². The second-order valence-electron chi connectivity index (χ2n) is 7.15. The number of carbonyl (C=O) groups is 1. The Morgan fingerprint density at radius 1 is 1.15 bits per heavy atom. The molecule has 1 aliphatic heterocycles. The highest BCUT2D eigenvalue weighted by molar-refractivity contribution is 9.10. The zero-order valence-electron chi connectivity index (χ0n) is 17.9. The number of hydrogen-bond donors (Lipinski definition) is 0. The molecule has 1 aliphatic rings. The molecule has 0 aromatic heterocycles. The van der Waals surface area contributed by atoms with Crippen LogP contribution in [-0.2, 0) is 11.4 Å². The van der Waals surface area contributed by atoms with E-state index in [4.69, 9.17) is 33.3 Å². The van der Waals surface area contributed by atoms with Crippen LogP contribution in [0.25, 0.3) is 6.08 Å². The van der Waals surface area contributed by atoms with E-state index in [1.54, 1.807) is 36.4 Å². The van der Waals surface area contributed by atoms with Gasteiger partial charge < -0.3 is 9.47 Å². The van der Waals surface area contributed by atoms with Crippen LogP contribution < -0.4 is 14.4 Å². The number of halogens is 3. The summed E-state index contributed by atoms with van der Waals surface area (Å²) in [4.78, 5) is 14.6. The van der Waals surface area contributed by atoms with Crippen molar-refractivity contribution < 1.29 is 18.7 Å². The van der Waals surface area contributed by atoms with Gasteiger partial charge in [0.1, 0.15) is 12.4 Å². The van der Waals surface area contributed by atoms with Gasteiger partial charge in [0.05, 0.1) is 21.7 Å². The number of ether oxygens (including phenoxy) is 2. The average Bonchev–Trinajstić information content (AvgIpc) is 3.07. The molecule has 3 aromatic carbocycles. The van der Waals surface area contributed by atoms with E-state index in [9.17, 15) is 9.18 Å². The SMILES string of the molecule is CCOc1cc(/C=C2\SC(=S)N(c3ccccc3F)C2=O)cc(Br)c1OCc1ccc(Cl)cc1. The number of para-hydroxylation sites is 1. The Kier molecular flexibility index (Phi) is 7.93. The van der Waals surface area contributed by atoms with Gasteiger partial charge in [0.25, 0.3) is 5.91 Å². The first kappa shape index (κ1) is 24.7. The second kappa shape index (κ2) is 10.9. The summed E-state index contributed by atoms with van der Waals surface area (Å²) in [6.45, 7) is 2.64. The minimum atomic E-state index is -0.511. The molecule has 1 heterocycles. The van der Waals surface area contributed by atoms with Crippen molar-refractivity contribution in [2.75, 3.05) is 11.5 Å². The minimum Gasteiger partial charge on any atom is -0.490 e. The van der Waals surface area contributed by atoms with Gasteiger partial charge in [-0.2, -0.15) is 0 Å². The van der Waals surface area contributed by atoms with Crippen LogP contribution in [0.15, 0.2) is 70.0 Å². The fraction of sp³-hybridized carbons (Fsp3) is 0.120. The smallest absolute Gasteiger partial charge is 0.270 e. The first-order valence-electron chi connectivity index (χ1n) is 10.2. The minimum absolute atomic E-state index is 0.135. The number of thiocarbonyl (C=S) groups is 1. The van der Waals surface area contributed by atoms with Gasteiger partial charge in [0.2, 0.25) is 0 Å². The molecule has 4 nitrogen and oxygen atoms in total. The fourth-order valence-electron chi connectivity index (χ4n) is 3.27. The standard InChI is InChI=1S/C25H18BrClFNO3S2/c1-2-31-21-12-16(11-18(26)23(21)32-14-15-7-9-17(27)10-8-15)13-22-24(30)29(25(33)34-22)20-6-4-3-5-19(20)28/h3-13H,2,14H2,1H3/b22-13-. The summed E-state index contributed by atoms with van der Waals surface area (Å²) < 4.78 is 27.0. The topological polar surface area (TPSA) is 38.8 Å². The molecule has 4 rings (SSSR count). The van der Waals surface area contributed by atoms with Crippen LogP contribution in [0, 0.1) is 5.82 Å². The molecule has 34 heavy (non-hydrogen) atoms. The van der Waals surface area contributed by atoms with Gasteiger partial charge in [0.15, 0.2) is 15.8 Å². The Morgan fingerprint density at radius 3 is 2.59 bits per heavy atom. The lowest BCUT2D eigenvalue weighted by atomic mass is 10.1. The largest absolute Gasteiger partial charge is 0.490 e. The Bertz CT molecular complexity index is 1280. The van der Waals surface area contributed by atoms with E-state index in [0.717, 1.165) is 17.3 Å². The van der Waals surface area contributed by atoms with Crippen LogP contribution >= 0.6 is 51.5 Å². The highest BCUT2D eigenvalue weighted by Gasteiger charge is 2.34. The molecule has 0 aliphatic carbocycles. The van der Waals surface area contributed by atoms with Crippen molar-refractivity contribution in [2.45, 2.75) is 13.5 Å². The van der Waals surface area contributed by atoms with Crippen LogP contribution in [-0.4, -0.2) is 16.8 Å². The monoisotopic (exact) mass is 577 g/mol. The average molecular weight is 579 g/mol. The number of amides is 1. The van der Waals surface area contributed by atoms with Gasteiger partial charge in [-0.05, 0) is 76.5 Å². The van der Waals surface area contributed by atoms with Crippen molar-refractivity contribution in [1.29, 1.82) is 0 Å². The highest BCUT2D eigenvalue weighted by Crippen LogP contribution is 2.41. The lowest BCUT2D eigenvalue weighted by Crippen LogP contribution is -2.28. The van der Waals surface area contributed by atoms with Crippen molar-refractivity contribution >= 4 is 73.5 Å². The van der Waals surface area contributed by atoms with E-state index in [2.05, 4.69) is 15.9 Å². The number of anilines is 1. The van der Waals surface area contributed by atoms with Crippen molar-refractivity contribution in [2.24, 2.45) is 0 Å². The summed E-state index contributed by atoms with van der Waals surface area (Å²) in [5.74, 6) is 0.190. The summed E-state index contributed by atoms with van der Waals surface area (Å²) in [5, 5.41) is 0.657. The molecular weight excluding hydrogens is 561 g/mol. The summed E-state index contributed by atoms with van der Waals surface area (Å²) in [6.07, 6.45) is 1.70. The van der Waals surface area contributed by atoms with Gasteiger partial charge in [-0.3, -0.25) is 9.69 Å². The second-order valence-corrected chi connectivity index (χ2v) is 10.1. The fourth-order valence-corrected chi connectivity index (χ4v) is 5.26. The summed E-state index contributed by atoms with van der Waals surface area (Å²) in [6, 6.07) is 17.1. The van der Waals surface area contributed by atoms with E-state index >= 15 is 0 Å². The molecule has 0 bridgehead atoms. The van der Waals surface area contributed by atoms with E-state index in [1.165, 1.54) is 17.0 Å². The van der Waals surface area contributed by atoms with Crippen LogP contribution in [0.5, 0.6) is 11.5 Å². The molecule has 0 saturated carbocycles. The van der Waals surface area contributed by atoms with Crippen LogP contribution in [0.1, 0.15) is 18.1 Å². The maximum Gasteiger partial charge on any atom is 0.270 e. The van der Waals surface area contributed by atoms with Gasteiger partial charge in [0, 0.05) is 5.02 Å². The maximum absolute atomic E-state index is 14.3. The molecule has 9 heteroatoms. The summed E-state index contributed by atoms with van der Waals surface area (Å²) in [5.41, 5.74) is 1.80. The Morgan fingerprint density at radius 2 is 1.88 bits per heavy atom. The number of nitrogens with zero attached hydrogens (tertiary/aromatic N) is 1. The molecule has 0 N–H and O–H groups in total. The number of benzene rings is 3. The summed E-state index contributed by atoms with van der Waals surface area (Å²) >= 11 is 16.0. The first-order valence-corrected chi connectivity index (χ1v) is 12.6. The Hall–Kier alpha value is -2.39. The first-order chi connectivity index (χ1) is 16.4. The molecule has 0 radical (unpaired) electrons. The van der Waals surface area contributed by atoms with Gasteiger partial charge >= 0.3 is 0 Å². The van der Waals surface area contributed by atoms with Crippen LogP contribution in [0.4, 0.5) is 10.1 Å². The lowest BCUT2D eigenvalue weighted by molar-refractivity contribution is -0.113. The van der Waals surface area contributed by atoms with Crippen molar-refractivity contribution in [3.05, 3.63) is 92.0 Å². The highest BCUT2D eigenvalue weighted by atomic mass is 79.9. The van der Waals surface area contributed by atoms with E-state index in [1.807, 2.05) is 25.1 Å². The third-order valence-corrected chi connectivity index (χ3v) is 6.96. The van der Waals surface area contributed by atoms with Gasteiger partial charge in [-0.25, -0.2) is 4.39 Å². The molecule has 1 fully saturated rings. The predicted molar refractivity (Wildman–Crippen MR) is 143 cm³/mol. The molecular formula is C25H18BrClFNO3S2. The van der Waals surface area contributed by atoms with Crippen molar-refractivity contribution in [3.63, 3.8) is 0 Å². The molecule has 0 spiro atoms. The number of carbonyl (C=O) groups excluding carboxylic acids is 1. The molecule has 3 aromatic rings. The zero-order chi connectivity index (χ0) is 24.2. The Labute approximate surface area is 219 Å². The van der Waals surface area contributed by atoms with Gasteiger partial charge in [-0.1, -0.05) is 59.8 Å². The third kappa shape index (κ3) is 5.46. The van der Waals surface area contributed by atoms with E-state index in [-0.39, 0.29) is 15.9 Å². The Balaban J connectivity index is 1.60. The number of hydrogen-bond acceptors (Lipinski definition) is 5. The molecule has 174 valence electrons. The molecule has 0 unspecified atom stereocenters. The predicted octanol–water partition coefficient (Wildman–Crippen LogP) is 7.63. The quantitative estimate of drug-likeness (QED) is 0.213. The van der Waals surface area contributed by atoms with Crippen LogP contribution in [0.3, 0.4) is 0 Å². The molecule has 1 amide bonds. The number of rotatable bonds is 7.